The van der Waals surface area contributed by atoms with E-state index in [9.17, 15) is 0 Å². The molecule has 0 saturated heterocycles. The smallest absolute Gasteiger partial charge is 0.237 e. The number of aromatic nitrogens is 3. The van der Waals surface area contributed by atoms with Crippen LogP contribution in [0.2, 0.25) is 0 Å². The molecule has 2 aromatic heterocycles. The van der Waals surface area contributed by atoms with Crippen LogP contribution in [0.3, 0.4) is 0 Å². The van der Waals surface area contributed by atoms with Crippen molar-refractivity contribution in [1.82, 2.24) is 15.1 Å². The standard InChI is InChI=1S/C9H10N4OS/c1-6-12-8(14-13-6)5-15-9-3-2-7(10)4-11-9/h2-4H,5,10H2,1H3. The van der Waals surface area contributed by atoms with Crippen molar-refractivity contribution in [1.29, 1.82) is 0 Å². The molecule has 2 N–H and O–H groups in total. The molecule has 0 saturated carbocycles. The Morgan fingerprint density at radius 3 is 2.93 bits per heavy atom. The molecule has 0 aliphatic heterocycles. The van der Waals surface area contributed by atoms with Gasteiger partial charge < -0.3 is 10.3 Å². The number of anilines is 1. The number of nitrogens with zero attached hydrogens (tertiary/aromatic N) is 3. The van der Waals surface area contributed by atoms with Gasteiger partial charge in [0.2, 0.25) is 5.89 Å². The summed E-state index contributed by atoms with van der Waals surface area (Å²) in [6.07, 6.45) is 1.63. The Hall–Kier alpha value is -1.56. The van der Waals surface area contributed by atoms with E-state index in [1.54, 1.807) is 13.1 Å². The molecule has 0 aliphatic rings. The van der Waals surface area contributed by atoms with Crippen molar-refractivity contribution in [2.24, 2.45) is 0 Å². The van der Waals surface area contributed by atoms with E-state index in [0.717, 1.165) is 5.03 Å². The van der Waals surface area contributed by atoms with E-state index < -0.39 is 0 Å². The molecule has 0 radical (unpaired) electrons. The van der Waals surface area contributed by atoms with Crippen molar-refractivity contribution >= 4 is 17.4 Å². The first kappa shape index (κ1) is 9.97. The molecule has 15 heavy (non-hydrogen) atoms. The van der Waals surface area contributed by atoms with Crippen molar-refractivity contribution in [3.05, 3.63) is 30.0 Å². The lowest BCUT2D eigenvalue weighted by Crippen LogP contribution is -1.87. The second-order valence-electron chi connectivity index (χ2n) is 2.95. The molecular weight excluding hydrogens is 212 g/mol. The van der Waals surface area contributed by atoms with Crippen LogP contribution in [0.25, 0.3) is 0 Å². The molecule has 2 heterocycles. The monoisotopic (exact) mass is 222 g/mol. The van der Waals surface area contributed by atoms with Gasteiger partial charge in [-0.15, -0.1) is 0 Å². The summed E-state index contributed by atoms with van der Waals surface area (Å²) in [5.74, 6) is 1.88. The van der Waals surface area contributed by atoms with Crippen LogP contribution in [-0.4, -0.2) is 15.1 Å². The molecule has 0 aromatic carbocycles. The van der Waals surface area contributed by atoms with Gasteiger partial charge in [0.1, 0.15) is 0 Å². The minimum Gasteiger partial charge on any atom is -0.397 e. The van der Waals surface area contributed by atoms with Gasteiger partial charge >= 0.3 is 0 Å². The van der Waals surface area contributed by atoms with E-state index >= 15 is 0 Å². The number of nitrogen functional groups attached to an aromatic ring is 1. The van der Waals surface area contributed by atoms with Gasteiger partial charge in [-0.1, -0.05) is 16.9 Å². The van der Waals surface area contributed by atoms with Gasteiger partial charge in [0, 0.05) is 0 Å². The molecule has 5 nitrogen and oxygen atoms in total. The number of pyridine rings is 1. The van der Waals surface area contributed by atoms with E-state index in [0.29, 0.717) is 23.2 Å². The van der Waals surface area contributed by atoms with Crippen LogP contribution in [0.15, 0.2) is 27.9 Å². The zero-order valence-corrected chi connectivity index (χ0v) is 8.99. The Morgan fingerprint density at radius 1 is 1.47 bits per heavy atom. The second kappa shape index (κ2) is 4.31. The molecule has 0 fully saturated rings. The average Bonchev–Trinajstić information content (AvgIpc) is 2.64. The van der Waals surface area contributed by atoms with Crippen molar-refractivity contribution in [3.8, 4) is 0 Å². The molecule has 0 amide bonds. The van der Waals surface area contributed by atoms with Crippen LogP contribution in [0.4, 0.5) is 5.69 Å². The van der Waals surface area contributed by atoms with Crippen LogP contribution in [0.1, 0.15) is 11.7 Å². The van der Waals surface area contributed by atoms with Gasteiger partial charge in [-0.2, -0.15) is 4.98 Å². The Morgan fingerprint density at radius 2 is 2.33 bits per heavy atom. The lowest BCUT2D eigenvalue weighted by atomic mass is 10.4. The van der Waals surface area contributed by atoms with Crippen molar-refractivity contribution < 1.29 is 4.52 Å². The predicted octanol–water partition coefficient (Wildman–Crippen LogP) is 1.65. The molecule has 6 heteroatoms. The molecule has 0 spiro atoms. The minimum atomic E-state index is 0.608. The Kier molecular flexibility index (Phi) is 2.86. The lowest BCUT2D eigenvalue weighted by molar-refractivity contribution is 0.387. The van der Waals surface area contributed by atoms with E-state index in [4.69, 9.17) is 10.3 Å². The van der Waals surface area contributed by atoms with Crippen LogP contribution >= 0.6 is 11.8 Å². The summed E-state index contributed by atoms with van der Waals surface area (Å²) in [5.41, 5.74) is 6.18. The van der Waals surface area contributed by atoms with Gasteiger partial charge in [-0.3, -0.25) is 0 Å². The first-order chi connectivity index (χ1) is 7.24. The van der Waals surface area contributed by atoms with Gasteiger partial charge in [0.25, 0.3) is 0 Å². The number of nitrogens with two attached hydrogens (primary N) is 1. The third-order valence-electron chi connectivity index (χ3n) is 1.67. The molecule has 0 aliphatic carbocycles. The highest BCUT2D eigenvalue weighted by Crippen LogP contribution is 2.20. The maximum atomic E-state index is 5.52. The highest BCUT2D eigenvalue weighted by molar-refractivity contribution is 7.98. The number of hydrogen-bond donors (Lipinski definition) is 1. The fourth-order valence-corrected chi connectivity index (χ4v) is 1.69. The number of rotatable bonds is 3. The summed E-state index contributed by atoms with van der Waals surface area (Å²) in [6.45, 7) is 1.79. The van der Waals surface area contributed by atoms with E-state index in [-0.39, 0.29) is 0 Å². The van der Waals surface area contributed by atoms with Crippen molar-refractivity contribution in [2.75, 3.05) is 5.73 Å². The third kappa shape index (κ3) is 2.69. The number of aryl methyl sites for hydroxylation is 1. The first-order valence-corrected chi connectivity index (χ1v) is 5.36. The highest BCUT2D eigenvalue weighted by atomic mass is 32.2. The highest BCUT2D eigenvalue weighted by Gasteiger charge is 2.03. The zero-order valence-electron chi connectivity index (χ0n) is 8.17. The normalized spacial score (nSPS) is 10.5. The van der Waals surface area contributed by atoms with E-state index in [1.165, 1.54) is 11.8 Å². The van der Waals surface area contributed by atoms with E-state index in [2.05, 4.69) is 15.1 Å². The Labute approximate surface area is 91.1 Å². The second-order valence-corrected chi connectivity index (χ2v) is 3.95. The third-order valence-corrected chi connectivity index (χ3v) is 2.60. The molecule has 2 aromatic rings. The summed E-state index contributed by atoms with van der Waals surface area (Å²) in [5, 5.41) is 4.59. The van der Waals surface area contributed by atoms with Crippen molar-refractivity contribution in [3.63, 3.8) is 0 Å². The zero-order chi connectivity index (χ0) is 10.7. The average molecular weight is 222 g/mol. The van der Waals surface area contributed by atoms with Crippen LogP contribution in [0, 0.1) is 6.92 Å². The van der Waals surface area contributed by atoms with Gasteiger partial charge in [0.05, 0.1) is 22.7 Å². The summed E-state index contributed by atoms with van der Waals surface area (Å²) in [4.78, 5) is 8.24. The molecule has 2 rings (SSSR count). The predicted molar refractivity (Wildman–Crippen MR) is 57.2 cm³/mol. The Bertz CT molecular complexity index is 440. The summed E-state index contributed by atoms with van der Waals surface area (Å²) < 4.78 is 4.98. The molecular formula is C9H10N4OS. The topological polar surface area (TPSA) is 77.8 Å². The molecule has 78 valence electrons. The largest absolute Gasteiger partial charge is 0.397 e. The maximum absolute atomic E-state index is 5.52. The van der Waals surface area contributed by atoms with Gasteiger partial charge in [0.15, 0.2) is 5.82 Å². The summed E-state index contributed by atoms with van der Waals surface area (Å²) >= 11 is 1.53. The van der Waals surface area contributed by atoms with Crippen LogP contribution in [-0.2, 0) is 5.75 Å². The molecule has 0 unspecified atom stereocenters. The lowest BCUT2D eigenvalue weighted by Gasteiger charge is -1.97. The summed E-state index contributed by atoms with van der Waals surface area (Å²) in [7, 11) is 0. The fourth-order valence-electron chi connectivity index (χ4n) is 1.01. The van der Waals surface area contributed by atoms with Crippen molar-refractivity contribution in [2.45, 2.75) is 17.7 Å². The summed E-state index contributed by atoms with van der Waals surface area (Å²) in [6, 6.07) is 3.68. The minimum absolute atomic E-state index is 0.608. The van der Waals surface area contributed by atoms with Gasteiger partial charge in [-0.25, -0.2) is 4.98 Å². The number of hydrogen-bond acceptors (Lipinski definition) is 6. The van der Waals surface area contributed by atoms with Crippen LogP contribution < -0.4 is 5.73 Å². The first-order valence-electron chi connectivity index (χ1n) is 4.37. The van der Waals surface area contributed by atoms with Crippen LogP contribution in [0.5, 0.6) is 0 Å². The Balaban J connectivity index is 1.96. The number of thioether (sulfide) groups is 1. The molecule has 0 bridgehead atoms. The van der Waals surface area contributed by atoms with E-state index in [1.807, 2.05) is 12.1 Å². The quantitative estimate of drug-likeness (QED) is 0.795. The maximum Gasteiger partial charge on any atom is 0.237 e. The SMILES string of the molecule is Cc1noc(CSc2ccc(N)cn2)n1. The van der Waals surface area contributed by atoms with Gasteiger partial charge in [-0.05, 0) is 19.1 Å². The molecule has 0 atom stereocenters. The fraction of sp³-hybridized carbons (Fsp3) is 0.222.